The lowest BCUT2D eigenvalue weighted by molar-refractivity contribution is -0.384. The van der Waals surface area contributed by atoms with Crippen LogP contribution >= 0.6 is 0 Å². The van der Waals surface area contributed by atoms with Gasteiger partial charge in [-0.1, -0.05) is 0 Å². The first-order chi connectivity index (χ1) is 8.20. The molecule has 0 aliphatic heterocycles. The predicted octanol–water partition coefficient (Wildman–Crippen LogP) is 1.15. The van der Waals surface area contributed by atoms with Crippen LogP contribution in [0.2, 0.25) is 0 Å². The van der Waals surface area contributed by atoms with Gasteiger partial charge in [0.05, 0.1) is 4.92 Å². The molecule has 0 atom stereocenters. The summed E-state index contributed by atoms with van der Waals surface area (Å²) in [4.78, 5) is 10.0. The van der Waals surface area contributed by atoms with Gasteiger partial charge in [-0.25, -0.2) is 0 Å². The van der Waals surface area contributed by atoms with Gasteiger partial charge in [0.25, 0.3) is 5.69 Å². The fourth-order valence-corrected chi connectivity index (χ4v) is 1.32. The van der Waals surface area contributed by atoms with Gasteiger partial charge < -0.3 is 10.2 Å². The van der Waals surface area contributed by atoms with Crippen LogP contribution in [0.1, 0.15) is 5.89 Å². The van der Waals surface area contributed by atoms with E-state index in [1.54, 1.807) is 12.1 Å². The average Bonchev–Trinajstić information content (AvgIpc) is 2.78. The molecule has 0 fully saturated rings. The van der Waals surface area contributed by atoms with Crippen molar-refractivity contribution in [3.63, 3.8) is 0 Å². The van der Waals surface area contributed by atoms with Crippen LogP contribution in [0.4, 0.5) is 5.69 Å². The quantitative estimate of drug-likeness (QED) is 0.627. The Morgan fingerprint density at radius 3 is 2.59 bits per heavy atom. The normalized spacial score (nSPS) is 10.4. The molecule has 0 aliphatic carbocycles. The van der Waals surface area contributed by atoms with E-state index in [2.05, 4.69) is 10.2 Å². The van der Waals surface area contributed by atoms with Crippen LogP contribution < -0.4 is 5.73 Å². The zero-order chi connectivity index (χ0) is 12.3. The highest BCUT2D eigenvalue weighted by atomic mass is 16.6. The molecule has 0 radical (unpaired) electrons. The Hall–Kier alpha value is -2.28. The fraction of sp³-hybridized carbons (Fsp3) is 0.200. The molecule has 0 spiro atoms. The average molecular weight is 234 g/mol. The van der Waals surface area contributed by atoms with Gasteiger partial charge in [-0.15, -0.1) is 10.2 Å². The maximum absolute atomic E-state index is 10.5. The molecule has 1 aromatic carbocycles. The van der Waals surface area contributed by atoms with Crippen molar-refractivity contribution in [3.8, 4) is 11.5 Å². The van der Waals surface area contributed by atoms with Crippen molar-refractivity contribution >= 4 is 5.69 Å². The Balaban J connectivity index is 2.23. The number of rotatable bonds is 4. The molecule has 0 amide bonds. The van der Waals surface area contributed by atoms with E-state index in [0.717, 1.165) is 0 Å². The van der Waals surface area contributed by atoms with Crippen molar-refractivity contribution in [2.75, 3.05) is 6.54 Å². The number of non-ortho nitro benzene ring substituents is 1. The van der Waals surface area contributed by atoms with Crippen LogP contribution in [0.5, 0.6) is 0 Å². The van der Waals surface area contributed by atoms with E-state index >= 15 is 0 Å². The van der Waals surface area contributed by atoms with Gasteiger partial charge in [0.2, 0.25) is 11.8 Å². The molecule has 88 valence electrons. The number of nitro benzene ring substituents is 1. The summed E-state index contributed by atoms with van der Waals surface area (Å²) in [5.41, 5.74) is 6.03. The Bertz CT molecular complexity index is 521. The van der Waals surface area contributed by atoms with Crippen LogP contribution in [0.15, 0.2) is 28.7 Å². The molecule has 0 unspecified atom stereocenters. The largest absolute Gasteiger partial charge is 0.421 e. The second-order valence-electron chi connectivity index (χ2n) is 3.34. The molecular formula is C10H10N4O3. The summed E-state index contributed by atoms with van der Waals surface area (Å²) in [5.74, 6) is 0.796. The van der Waals surface area contributed by atoms with Crippen LogP contribution in [-0.4, -0.2) is 21.7 Å². The first kappa shape index (κ1) is 11.2. The number of benzene rings is 1. The van der Waals surface area contributed by atoms with Gasteiger partial charge in [-0.3, -0.25) is 10.1 Å². The Morgan fingerprint density at radius 2 is 2.00 bits per heavy atom. The number of nitro groups is 1. The third-order valence-corrected chi connectivity index (χ3v) is 2.15. The molecule has 1 heterocycles. The number of nitrogens with two attached hydrogens (primary N) is 1. The third-order valence-electron chi connectivity index (χ3n) is 2.15. The minimum Gasteiger partial charge on any atom is -0.421 e. The number of hydrogen-bond donors (Lipinski definition) is 1. The zero-order valence-electron chi connectivity index (χ0n) is 8.87. The summed E-state index contributed by atoms with van der Waals surface area (Å²) < 4.78 is 5.34. The van der Waals surface area contributed by atoms with E-state index in [4.69, 9.17) is 10.2 Å². The van der Waals surface area contributed by atoms with Crippen LogP contribution in [0.25, 0.3) is 11.5 Å². The summed E-state index contributed by atoms with van der Waals surface area (Å²) in [6, 6.07) is 5.92. The molecule has 2 N–H and O–H groups in total. The highest BCUT2D eigenvalue weighted by Crippen LogP contribution is 2.21. The van der Waals surface area contributed by atoms with E-state index < -0.39 is 4.92 Å². The van der Waals surface area contributed by atoms with Crippen molar-refractivity contribution in [2.45, 2.75) is 6.42 Å². The highest BCUT2D eigenvalue weighted by Gasteiger charge is 2.10. The first-order valence-electron chi connectivity index (χ1n) is 4.98. The summed E-state index contributed by atoms with van der Waals surface area (Å²) in [6.45, 7) is 0.432. The number of aromatic nitrogens is 2. The van der Waals surface area contributed by atoms with Gasteiger partial charge in [0.1, 0.15) is 0 Å². The van der Waals surface area contributed by atoms with Gasteiger partial charge in [0.15, 0.2) is 0 Å². The standard InChI is InChI=1S/C10H10N4O3/c11-6-5-9-12-13-10(17-9)7-1-3-8(4-2-7)14(15)16/h1-4H,5-6,11H2. The predicted molar refractivity (Wildman–Crippen MR) is 59.1 cm³/mol. The minimum absolute atomic E-state index is 0.0236. The summed E-state index contributed by atoms with van der Waals surface area (Å²) in [6.07, 6.45) is 0.514. The van der Waals surface area contributed by atoms with Gasteiger partial charge >= 0.3 is 0 Å². The molecule has 0 saturated carbocycles. The van der Waals surface area contributed by atoms with Gasteiger partial charge in [0, 0.05) is 30.7 Å². The van der Waals surface area contributed by atoms with Gasteiger partial charge in [-0.05, 0) is 12.1 Å². The van der Waals surface area contributed by atoms with Crippen molar-refractivity contribution in [1.29, 1.82) is 0 Å². The Kier molecular flexibility index (Phi) is 3.10. The molecule has 7 nitrogen and oxygen atoms in total. The molecule has 17 heavy (non-hydrogen) atoms. The summed E-state index contributed by atoms with van der Waals surface area (Å²) >= 11 is 0. The van der Waals surface area contributed by atoms with Crippen LogP contribution in [-0.2, 0) is 6.42 Å². The topological polar surface area (TPSA) is 108 Å². The number of nitrogens with zero attached hydrogens (tertiary/aromatic N) is 3. The monoisotopic (exact) mass is 234 g/mol. The highest BCUT2D eigenvalue weighted by molar-refractivity contribution is 5.55. The lowest BCUT2D eigenvalue weighted by Gasteiger charge is -1.94. The van der Waals surface area contributed by atoms with Crippen LogP contribution in [0.3, 0.4) is 0 Å². The van der Waals surface area contributed by atoms with Gasteiger partial charge in [-0.2, -0.15) is 0 Å². The zero-order valence-corrected chi connectivity index (χ0v) is 8.87. The second kappa shape index (κ2) is 4.71. The van der Waals surface area contributed by atoms with Crippen molar-refractivity contribution in [1.82, 2.24) is 10.2 Å². The number of hydrogen-bond acceptors (Lipinski definition) is 6. The third kappa shape index (κ3) is 2.45. The lowest BCUT2D eigenvalue weighted by Crippen LogP contribution is -2.02. The molecular weight excluding hydrogens is 224 g/mol. The molecule has 0 saturated heterocycles. The fourth-order valence-electron chi connectivity index (χ4n) is 1.32. The second-order valence-corrected chi connectivity index (χ2v) is 3.34. The van der Waals surface area contributed by atoms with Crippen molar-refractivity contribution in [3.05, 3.63) is 40.3 Å². The van der Waals surface area contributed by atoms with E-state index in [9.17, 15) is 10.1 Å². The molecule has 0 bridgehead atoms. The maximum atomic E-state index is 10.5. The van der Waals surface area contributed by atoms with Crippen LogP contribution in [0, 0.1) is 10.1 Å². The van der Waals surface area contributed by atoms with E-state index in [1.165, 1.54) is 12.1 Å². The first-order valence-corrected chi connectivity index (χ1v) is 4.98. The Morgan fingerprint density at radius 1 is 1.29 bits per heavy atom. The van der Waals surface area contributed by atoms with Crippen molar-refractivity contribution < 1.29 is 9.34 Å². The molecule has 0 aliphatic rings. The molecule has 1 aromatic heterocycles. The minimum atomic E-state index is -0.461. The summed E-state index contributed by atoms with van der Waals surface area (Å²) in [7, 11) is 0. The van der Waals surface area contributed by atoms with E-state index in [0.29, 0.717) is 30.3 Å². The Labute approximate surface area is 96.4 Å². The summed E-state index contributed by atoms with van der Waals surface area (Å²) in [5, 5.41) is 18.1. The SMILES string of the molecule is NCCc1nnc(-c2ccc([N+](=O)[O-])cc2)o1. The van der Waals surface area contributed by atoms with Crippen molar-refractivity contribution in [2.24, 2.45) is 5.73 Å². The molecule has 2 aromatic rings. The smallest absolute Gasteiger partial charge is 0.269 e. The molecule has 2 rings (SSSR count). The lowest BCUT2D eigenvalue weighted by atomic mass is 10.2. The molecule has 7 heteroatoms. The van der Waals surface area contributed by atoms with E-state index in [-0.39, 0.29) is 5.69 Å². The maximum Gasteiger partial charge on any atom is 0.269 e. The van der Waals surface area contributed by atoms with E-state index in [1.807, 2.05) is 0 Å².